The molecule has 23 heavy (non-hydrogen) atoms. The number of anilines is 2. The summed E-state index contributed by atoms with van der Waals surface area (Å²) in [4.78, 5) is 18.4. The summed E-state index contributed by atoms with van der Waals surface area (Å²) in [7, 11) is 1.61. The number of hydrogen-bond acceptors (Lipinski definition) is 7. The van der Waals surface area contributed by atoms with Crippen LogP contribution in [-0.4, -0.2) is 49.5 Å². The summed E-state index contributed by atoms with van der Waals surface area (Å²) in [6.07, 6.45) is 0. The van der Waals surface area contributed by atoms with E-state index in [1.165, 1.54) is 0 Å². The molecule has 0 atom stereocenters. The standard InChI is InChI=1S/C15H18N4O4/c1-10-16-15(18-23-10)17-14(20)11-3-4-13(21-2)12(9-11)19-5-7-22-8-6-19/h3-4,9H,5-8H2,1-2H3,(H,17,18,20). The quantitative estimate of drug-likeness (QED) is 0.913. The molecule has 0 saturated carbocycles. The van der Waals surface area contributed by atoms with Gasteiger partial charge < -0.3 is 18.9 Å². The molecular formula is C15H18N4O4. The lowest BCUT2D eigenvalue weighted by molar-refractivity contribution is 0.102. The Morgan fingerprint density at radius 1 is 1.35 bits per heavy atom. The van der Waals surface area contributed by atoms with Crippen molar-refractivity contribution >= 4 is 17.5 Å². The fraction of sp³-hybridized carbons (Fsp3) is 0.400. The lowest BCUT2D eigenvalue weighted by atomic mass is 10.1. The van der Waals surface area contributed by atoms with Gasteiger partial charge in [-0.3, -0.25) is 10.1 Å². The van der Waals surface area contributed by atoms with Crippen molar-refractivity contribution in [3.63, 3.8) is 0 Å². The van der Waals surface area contributed by atoms with Crippen LogP contribution < -0.4 is 15.0 Å². The molecule has 8 heteroatoms. The minimum Gasteiger partial charge on any atom is -0.495 e. The number of carbonyl (C=O) groups is 1. The van der Waals surface area contributed by atoms with E-state index < -0.39 is 0 Å². The fourth-order valence-corrected chi connectivity index (χ4v) is 2.41. The Morgan fingerprint density at radius 3 is 2.78 bits per heavy atom. The van der Waals surface area contributed by atoms with E-state index in [0.717, 1.165) is 24.5 Å². The third kappa shape index (κ3) is 3.42. The maximum atomic E-state index is 12.3. The maximum Gasteiger partial charge on any atom is 0.270 e. The molecule has 3 rings (SSSR count). The Balaban J connectivity index is 1.83. The van der Waals surface area contributed by atoms with E-state index in [9.17, 15) is 4.79 Å². The van der Waals surface area contributed by atoms with Crippen LogP contribution in [0.1, 0.15) is 16.2 Å². The number of rotatable bonds is 4. The second-order valence-corrected chi connectivity index (χ2v) is 5.08. The highest BCUT2D eigenvalue weighted by Crippen LogP contribution is 2.30. The molecule has 122 valence electrons. The number of nitrogens with zero attached hydrogens (tertiary/aromatic N) is 3. The first-order valence-electron chi connectivity index (χ1n) is 7.30. The van der Waals surface area contributed by atoms with Crippen LogP contribution in [0.25, 0.3) is 0 Å². The molecule has 1 aliphatic rings. The maximum absolute atomic E-state index is 12.3. The van der Waals surface area contributed by atoms with E-state index in [4.69, 9.17) is 14.0 Å². The number of nitrogens with one attached hydrogen (secondary N) is 1. The van der Waals surface area contributed by atoms with Crippen molar-refractivity contribution in [3.8, 4) is 5.75 Å². The van der Waals surface area contributed by atoms with Crippen LogP contribution in [0.2, 0.25) is 0 Å². The predicted molar refractivity (Wildman–Crippen MR) is 83.0 cm³/mol. The molecule has 1 amide bonds. The molecule has 0 unspecified atom stereocenters. The van der Waals surface area contributed by atoms with Crippen molar-refractivity contribution in [2.75, 3.05) is 43.6 Å². The van der Waals surface area contributed by atoms with Crippen LogP contribution in [0.3, 0.4) is 0 Å². The van der Waals surface area contributed by atoms with Gasteiger partial charge in [-0.15, -0.1) is 0 Å². The third-order valence-corrected chi connectivity index (χ3v) is 3.55. The summed E-state index contributed by atoms with van der Waals surface area (Å²) < 4.78 is 15.6. The number of benzene rings is 1. The monoisotopic (exact) mass is 318 g/mol. The zero-order valence-electron chi connectivity index (χ0n) is 13.0. The van der Waals surface area contributed by atoms with Crippen LogP contribution in [0.5, 0.6) is 5.75 Å². The Morgan fingerprint density at radius 2 is 2.13 bits per heavy atom. The van der Waals surface area contributed by atoms with Gasteiger partial charge in [0.2, 0.25) is 5.89 Å². The van der Waals surface area contributed by atoms with E-state index in [1.54, 1.807) is 32.2 Å². The van der Waals surface area contributed by atoms with Crippen LogP contribution >= 0.6 is 0 Å². The van der Waals surface area contributed by atoms with Crippen molar-refractivity contribution in [3.05, 3.63) is 29.7 Å². The molecule has 1 aromatic carbocycles. The highest BCUT2D eigenvalue weighted by atomic mass is 16.5. The van der Waals surface area contributed by atoms with E-state index in [2.05, 4.69) is 20.4 Å². The van der Waals surface area contributed by atoms with E-state index in [1.807, 2.05) is 0 Å². The van der Waals surface area contributed by atoms with Gasteiger partial charge in [0.1, 0.15) is 5.75 Å². The molecule has 8 nitrogen and oxygen atoms in total. The molecule has 0 spiro atoms. The molecule has 1 N–H and O–H groups in total. The molecule has 0 bridgehead atoms. The largest absolute Gasteiger partial charge is 0.495 e. The SMILES string of the molecule is COc1ccc(C(=O)Nc2noc(C)n2)cc1N1CCOCC1. The summed E-state index contributed by atoms with van der Waals surface area (Å²) >= 11 is 0. The number of morpholine rings is 1. The summed E-state index contributed by atoms with van der Waals surface area (Å²) in [5, 5.41) is 6.27. The van der Waals surface area contributed by atoms with Gasteiger partial charge in [-0.1, -0.05) is 0 Å². The summed E-state index contributed by atoms with van der Waals surface area (Å²) in [6, 6.07) is 5.28. The van der Waals surface area contributed by atoms with Crippen LogP contribution in [0, 0.1) is 6.92 Å². The number of methoxy groups -OCH3 is 1. The van der Waals surface area contributed by atoms with Gasteiger partial charge in [-0.2, -0.15) is 4.98 Å². The third-order valence-electron chi connectivity index (χ3n) is 3.55. The van der Waals surface area contributed by atoms with Crippen LogP contribution in [0.15, 0.2) is 22.7 Å². The Labute approximate surface area is 133 Å². The molecular weight excluding hydrogens is 300 g/mol. The zero-order chi connectivity index (χ0) is 16.2. The van der Waals surface area contributed by atoms with Crippen molar-refractivity contribution in [2.45, 2.75) is 6.92 Å². The number of ether oxygens (including phenoxy) is 2. The van der Waals surface area contributed by atoms with E-state index in [-0.39, 0.29) is 11.9 Å². The van der Waals surface area contributed by atoms with Gasteiger partial charge in [0.25, 0.3) is 11.9 Å². The van der Waals surface area contributed by atoms with Gasteiger partial charge >= 0.3 is 0 Å². The zero-order valence-corrected chi connectivity index (χ0v) is 13.0. The van der Waals surface area contributed by atoms with Gasteiger partial charge in [0.05, 0.1) is 26.0 Å². The Bertz CT molecular complexity index is 695. The fourth-order valence-electron chi connectivity index (χ4n) is 2.41. The van der Waals surface area contributed by atoms with Crippen LogP contribution in [-0.2, 0) is 4.74 Å². The first-order valence-corrected chi connectivity index (χ1v) is 7.30. The summed E-state index contributed by atoms with van der Waals surface area (Å²) in [5.41, 5.74) is 1.36. The van der Waals surface area contributed by atoms with Crippen LogP contribution in [0.4, 0.5) is 11.6 Å². The summed E-state index contributed by atoms with van der Waals surface area (Å²) in [5.74, 6) is 0.960. The highest BCUT2D eigenvalue weighted by Gasteiger charge is 2.18. The number of hydrogen-bond donors (Lipinski definition) is 1. The number of aromatic nitrogens is 2. The number of amides is 1. The first-order chi connectivity index (χ1) is 11.2. The van der Waals surface area contributed by atoms with Crippen molar-refractivity contribution < 1.29 is 18.8 Å². The first kappa shape index (κ1) is 15.3. The second kappa shape index (κ2) is 6.66. The van der Waals surface area contributed by atoms with E-state index in [0.29, 0.717) is 24.7 Å². The molecule has 0 aliphatic carbocycles. The average molecular weight is 318 g/mol. The minimum atomic E-state index is -0.303. The molecule has 2 heterocycles. The van der Waals surface area contributed by atoms with E-state index >= 15 is 0 Å². The number of aryl methyl sites for hydroxylation is 1. The summed E-state index contributed by atoms with van der Waals surface area (Å²) in [6.45, 7) is 4.48. The average Bonchev–Trinajstić information content (AvgIpc) is 3.00. The van der Waals surface area contributed by atoms with Gasteiger partial charge in [-0.25, -0.2) is 0 Å². The smallest absolute Gasteiger partial charge is 0.270 e. The van der Waals surface area contributed by atoms with Crippen molar-refractivity contribution in [1.29, 1.82) is 0 Å². The second-order valence-electron chi connectivity index (χ2n) is 5.08. The van der Waals surface area contributed by atoms with Gasteiger partial charge in [-0.05, 0) is 23.4 Å². The lowest BCUT2D eigenvalue weighted by Crippen LogP contribution is -2.36. The van der Waals surface area contributed by atoms with Gasteiger partial charge in [0.15, 0.2) is 0 Å². The normalized spacial score (nSPS) is 14.6. The topological polar surface area (TPSA) is 89.7 Å². The number of carbonyl (C=O) groups excluding carboxylic acids is 1. The highest BCUT2D eigenvalue weighted by molar-refractivity contribution is 6.04. The molecule has 1 aliphatic heterocycles. The predicted octanol–water partition coefficient (Wildman–Crippen LogP) is 1.48. The molecule has 1 fully saturated rings. The van der Waals surface area contributed by atoms with Gasteiger partial charge in [0, 0.05) is 25.6 Å². The lowest BCUT2D eigenvalue weighted by Gasteiger charge is -2.30. The Hall–Kier alpha value is -2.61. The molecule has 1 saturated heterocycles. The Kier molecular flexibility index (Phi) is 4.42. The molecule has 2 aromatic rings. The van der Waals surface area contributed by atoms with Crippen molar-refractivity contribution in [2.24, 2.45) is 0 Å². The minimum absolute atomic E-state index is 0.149. The van der Waals surface area contributed by atoms with Crippen molar-refractivity contribution in [1.82, 2.24) is 10.1 Å². The molecule has 0 radical (unpaired) electrons. The molecule has 1 aromatic heterocycles.